The van der Waals surface area contributed by atoms with Crippen molar-refractivity contribution in [3.63, 3.8) is 0 Å². The minimum atomic E-state index is -0.393. The lowest BCUT2D eigenvalue weighted by molar-refractivity contribution is -0.131. The first kappa shape index (κ1) is 17.0. The van der Waals surface area contributed by atoms with Gasteiger partial charge in [0.1, 0.15) is 11.6 Å². The van der Waals surface area contributed by atoms with Crippen molar-refractivity contribution >= 4 is 28.3 Å². The molecule has 4 rings (SSSR count). The van der Waals surface area contributed by atoms with Gasteiger partial charge in [-0.15, -0.1) is 5.10 Å². The number of hydrogen-bond acceptors (Lipinski definition) is 6. The first-order valence-corrected chi connectivity index (χ1v) is 8.77. The Balaban J connectivity index is 1.69. The van der Waals surface area contributed by atoms with E-state index >= 15 is 0 Å². The molecule has 2 heterocycles. The number of carbonyl (C=O) groups excluding carboxylic acids is 1. The first-order valence-electron chi connectivity index (χ1n) is 7.95. The maximum absolute atomic E-state index is 13.0. The highest BCUT2D eigenvalue weighted by Crippen LogP contribution is 2.17. The van der Waals surface area contributed by atoms with Crippen LogP contribution in [0.1, 0.15) is 12.5 Å². The monoisotopic (exact) mass is 381 g/mol. The van der Waals surface area contributed by atoms with Crippen molar-refractivity contribution in [2.24, 2.45) is 0 Å². The van der Waals surface area contributed by atoms with E-state index in [1.807, 2.05) is 0 Å². The van der Waals surface area contributed by atoms with Crippen LogP contribution in [-0.4, -0.2) is 20.6 Å². The minimum absolute atomic E-state index is 0.278. The third-order valence-corrected chi connectivity index (χ3v) is 4.68. The summed E-state index contributed by atoms with van der Waals surface area (Å²) in [5.74, 6) is 0.0706. The summed E-state index contributed by atoms with van der Waals surface area (Å²) in [6.45, 7) is 1.33. The smallest absolute Gasteiger partial charge is 0.308 e. The zero-order chi connectivity index (χ0) is 19.0. The number of nitrogens with zero attached hydrogens (tertiary/aromatic N) is 3. The van der Waals surface area contributed by atoms with Crippen LogP contribution in [0.5, 0.6) is 5.75 Å². The molecule has 0 amide bonds. The summed E-state index contributed by atoms with van der Waals surface area (Å²) in [6.07, 6.45) is 1.72. The van der Waals surface area contributed by atoms with E-state index in [4.69, 9.17) is 4.74 Å². The molecule has 0 fully saturated rings. The van der Waals surface area contributed by atoms with Crippen molar-refractivity contribution in [2.75, 3.05) is 0 Å². The van der Waals surface area contributed by atoms with Gasteiger partial charge in [0.05, 0.1) is 4.53 Å². The van der Waals surface area contributed by atoms with Gasteiger partial charge < -0.3 is 4.74 Å². The van der Waals surface area contributed by atoms with Crippen LogP contribution in [0.4, 0.5) is 4.39 Å². The molecule has 0 aliphatic rings. The van der Waals surface area contributed by atoms with E-state index < -0.39 is 5.97 Å². The van der Waals surface area contributed by atoms with Gasteiger partial charge in [0, 0.05) is 12.5 Å². The molecule has 0 atom stereocenters. The molecular formula is C19H12FN3O3S. The van der Waals surface area contributed by atoms with E-state index in [9.17, 15) is 14.0 Å². The van der Waals surface area contributed by atoms with Crippen molar-refractivity contribution in [3.8, 4) is 17.1 Å². The quantitative estimate of drug-likeness (QED) is 0.403. The second-order valence-electron chi connectivity index (χ2n) is 5.72. The van der Waals surface area contributed by atoms with Crippen LogP contribution >= 0.6 is 11.3 Å². The molecule has 0 bridgehead atoms. The Kier molecular flexibility index (Phi) is 4.25. The van der Waals surface area contributed by atoms with Crippen LogP contribution in [0.3, 0.4) is 0 Å². The molecular weight excluding hydrogens is 369 g/mol. The average molecular weight is 381 g/mol. The molecule has 2 aromatic heterocycles. The molecule has 2 aromatic carbocycles. The van der Waals surface area contributed by atoms with Gasteiger partial charge in [-0.2, -0.15) is 9.50 Å². The first-order chi connectivity index (χ1) is 13.0. The number of hydrogen-bond donors (Lipinski definition) is 0. The normalized spacial score (nSPS) is 11.9. The van der Waals surface area contributed by atoms with Gasteiger partial charge in [0.2, 0.25) is 4.96 Å². The summed E-state index contributed by atoms with van der Waals surface area (Å²) in [5.41, 5.74) is 1.14. The van der Waals surface area contributed by atoms with Gasteiger partial charge in [0.15, 0.2) is 5.82 Å². The maximum atomic E-state index is 13.0. The fraction of sp³-hybridized carbons (Fsp3) is 0.0526. The fourth-order valence-electron chi connectivity index (χ4n) is 2.50. The third-order valence-electron chi connectivity index (χ3n) is 3.72. The highest BCUT2D eigenvalue weighted by molar-refractivity contribution is 7.15. The Bertz CT molecular complexity index is 1240. The van der Waals surface area contributed by atoms with E-state index in [2.05, 4.69) is 10.1 Å². The molecule has 0 saturated heterocycles. The molecule has 0 unspecified atom stereocenters. The Morgan fingerprint density at radius 3 is 2.48 bits per heavy atom. The number of ether oxygens (including phenoxy) is 1. The number of esters is 1. The maximum Gasteiger partial charge on any atom is 0.308 e. The van der Waals surface area contributed by atoms with Gasteiger partial charge in [-0.3, -0.25) is 9.59 Å². The molecule has 6 nitrogen and oxygen atoms in total. The molecule has 4 aromatic rings. The van der Waals surface area contributed by atoms with Crippen molar-refractivity contribution < 1.29 is 13.9 Å². The lowest BCUT2D eigenvalue weighted by Gasteiger charge is -2.00. The number of halogens is 1. The number of benzene rings is 2. The van der Waals surface area contributed by atoms with E-state index in [1.54, 1.807) is 42.5 Å². The van der Waals surface area contributed by atoms with Crippen LogP contribution in [0.15, 0.2) is 53.3 Å². The highest BCUT2D eigenvalue weighted by Gasteiger charge is 2.12. The molecule has 8 heteroatoms. The van der Waals surface area contributed by atoms with E-state index in [0.717, 1.165) is 5.56 Å². The van der Waals surface area contributed by atoms with Crippen LogP contribution in [0, 0.1) is 5.82 Å². The summed E-state index contributed by atoms with van der Waals surface area (Å²) < 4.78 is 19.7. The summed E-state index contributed by atoms with van der Waals surface area (Å²) in [6, 6.07) is 12.6. The topological polar surface area (TPSA) is 73.6 Å². The highest BCUT2D eigenvalue weighted by atomic mass is 32.1. The fourth-order valence-corrected chi connectivity index (χ4v) is 3.41. The van der Waals surface area contributed by atoms with Crippen LogP contribution in [0.2, 0.25) is 0 Å². The van der Waals surface area contributed by atoms with Crippen molar-refractivity contribution in [1.29, 1.82) is 0 Å². The van der Waals surface area contributed by atoms with Crippen LogP contribution < -0.4 is 14.8 Å². The molecule has 0 aliphatic heterocycles. The van der Waals surface area contributed by atoms with Gasteiger partial charge in [-0.05, 0) is 48.0 Å². The van der Waals surface area contributed by atoms with Gasteiger partial charge >= 0.3 is 5.97 Å². The lowest BCUT2D eigenvalue weighted by Crippen LogP contribution is -2.23. The SMILES string of the molecule is CC(=O)Oc1ccc(C=c2sc3nc(-c4ccc(F)cc4)nn3c2=O)cc1. The van der Waals surface area contributed by atoms with Gasteiger partial charge in [-0.1, -0.05) is 23.5 Å². The molecule has 0 radical (unpaired) electrons. The number of carbonyl (C=O) groups is 1. The Labute approximate surface area is 156 Å². The van der Waals surface area contributed by atoms with E-state index in [0.29, 0.717) is 26.6 Å². The molecule has 27 heavy (non-hydrogen) atoms. The van der Waals surface area contributed by atoms with Crippen molar-refractivity contribution in [2.45, 2.75) is 6.92 Å². The number of thiazole rings is 1. The summed E-state index contributed by atoms with van der Waals surface area (Å²) in [5, 5.41) is 4.22. The van der Waals surface area contributed by atoms with E-state index in [-0.39, 0.29) is 11.4 Å². The van der Waals surface area contributed by atoms with Gasteiger partial charge in [-0.25, -0.2) is 4.39 Å². The summed E-state index contributed by atoms with van der Waals surface area (Å²) >= 11 is 1.21. The minimum Gasteiger partial charge on any atom is -0.427 e. The number of rotatable bonds is 3. The third kappa shape index (κ3) is 3.47. The second kappa shape index (κ2) is 6.73. The Morgan fingerprint density at radius 2 is 1.85 bits per heavy atom. The predicted octanol–water partition coefficient (Wildman–Crippen LogP) is 2.43. The molecule has 0 spiro atoms. The summed E-state index contributed by atoms with van der Waals surface area (Å²) in [7, 11) is 0. The lowest BCUT2D eigenvalue weighted by atomic mass is 10.2. The zero-order valence-electron chi connectivity index (χ0n) is 14.0. The second-order valence-corrected chi connectivity index (χ2v) is 6.72. The molecule has 0 N–H and O–H groups in total. The number of aromatic nitrogens is 3. The van der Waals surface area contributed by atoms with Crippen molar-refractivity contribution in [3.05, 3.63) is 74.8 Å². The molecule has 0 saturated carbocycles. The number of fused-ring (bicyclic) bond motifs is 1. The zero-order valence-corrected chi connectivity index (χ0v) is 14.9. The molecule has 0 aliphatic carbocycles. The average Bonchev–Trinajstić information content (AvgIpc) is 3.17. The van der Waals surface area contributed by atoms with Crippen LogP contribution in [0.25, 0.3) is 22.4 Å². The largest absolute Gasteiger partial charge is 0.427 e. The van der Waals surface area contributed by atoms with Gasteiger partial charge in [0.25, 0.3) is 5.56 Å². The standard InChI is InChI=1S/C19H12FN3O3S/c1-11(24)26-15-8-2-12(3-9-15)10-16-18(25)23-19(27-16)21-17(22-23)13-4-6-14(20)7-5-13/h2-10H,1H3. The Hall–Kier alpha value is -3.39. The van der Waals surface area contributed by atoms with Crippen molar-refractivity contribution in [1.82, 2.24) is 14.6 Å². The summed E-state index contributed by atoms with van der Waals surface area (Å²) in [4.78, 5) is 28.3. The van der Waals surface area contributed by atoms with Crippen LogP contribution in [-0.2, 0) is 4.79 Å². The van der Waals surface area contributed by atoms with E-state index in [1.165, 1.54) is 34.9 Å². The Morgan fingerprint density at radius 1 is 1.15 bits per heavy atom. The predicted molar refractivity (Wildman–Crippen MR) is 99.1 cm³/mol. The molecule has 134 valence electrons.